The number of carbonyl (C=O) groups excluding carboxylic acids is 2. The van der Waals surface area contributed by atoms with Crippen molar-refractivity contribution in [1.29, 1.82) is 0 Å². The summed E-state index contributed by atoms with van der Waals surface area (Å²) in [6.45, 7) is 9.42. The van der Waals surface area contributed by atoms with E-state index < -0.39 is 0 Å². The molecule has 10 heteroatoms. The fourth-order valence-corrected chi connectivity index (χ4v) is 6.60. The molecule has 0 aromatic carbocycles. The van der Waals surface area contributed by atoms with Crippen LogP contribution in [0.15, 0.2) is 11.2 Å². The van der Waals surface area contributed by atoms with Crippen molar-refractivity contribution in [1.82, 2.24) is 25.1 Å². The number of likely N-dealkylation sites (tertiary alicyclic amines) is 1. The third-order valence-corrected chi connectivity index (χ3v) is 8.86. The fraction of sp³-hybridized carbons (Fsp3) is 0.769. The van der Waals surface area contributed by atoms with Crippen molar-refractivity contribution in [3.05, 3.63) is 11.2 Å². The van der Waals surface area contributed by atoms with Crippen LogP contribution in [0.25, 0.3) is 0 Å². The number of aromatic nitrogens is 2. The van der Waals surface area contributed by atoms with E-state index in [0.29, 0.717) is 41.9 Å². The van der Waals surface area contributed by atoms with E-state index in [-0.39, 0.29) is 23.6 Å². The number of nitrogens with one attached hydrogen (secondary N) is 1. The largest absolute Gasteiger partial charge is 0.355 e. The number of carbonyl (C=O) groups is 2. The summed E-state index contributed by atoms with van der Waals surface area (Å²) in [5.74, 6) is 1.53. The quantitative estimate of drug-likeness (QED) is 0.222. The molecular weight excluding hydrogens is 496 g/mol. The number of thioether (sulfide) groups is 1. The van der Waals surface area contributed by atoms with Crippen molar-refractivity contribution < 1.29 is 9.59 Å². The van der Waals surface area contributed by atoms with Gasteiger partial charge in [-0.1, -0.05) is 42.6 Å². The summed E-state index contributed by atoms with van der Waals surface area (Å²) in [7, 11) is 0. The number of halogens is 1. The number of amides is 2. The number of anilines is 1. The van der Waals surface area contributed by atoms with Crippen LogP contribution in [0.3, 0.4) is 0 Å². The molecule has 2 aliphatic heterocycles. The summed E-state index contributed by atoms with van der Waals surface area (Å²) in [5.41, 5.74) is 0. The monoisotopic (exact) mass is 536 g/mol. The number of rotatable bonds is 9. The predicted molar refractivity (Wildman–Crippen MR) is 146 cm³/mol. The molecule has 2 amide bonds. The Balaban J connectivity index is 1.22. The van der Waals surface area contributed by atoms with Gasteiger partial charge in [0.15, 0.2) is 5.16 Å². The van der Waals surface area contributed by atoms with Crippen LogP contribution in [0.2, 0.25) is 5.15 Å². The van der Waals surface area contributed by atoms with Crippen molar-refractivity contribution in [3.8, 4) is 0 Å². The predicted octanol–water partition coefficient (Wildman–Crippen LogP) is 3.83. The molecule has 4 rings (SSSR count). The van der Waals surface area contributed by atoms with Gasteiger partial charge >= 0.3 is 0 Å². The Labute approximate surface area is 224 Å². The Hall–Kier alpha value is -1.58. The second kappa shape index (κ2) is 13.3. The molecule has 1 saturated carbocycles. The van der Waals surface area contributed by atoms with Gasteiger partial charge < -0.3 is 20.0 Å². The zero-order chi connectivity index (χ0) is 25.5. The van der Waals surface area contributed by atoms with Crippen LogP contribution in [-0.4, -0.2) is 88.7 Å². The number of piperazine rings is 1. The SMILES string of the molecule is CC1CCCCN1CCCNC(=O)CSc1nc(Cl)cc(N2CCN(C(=O)C3CCCC3)C(C)C2)n1. The summed E-state index contributed by atoms with van der Waals surface area (Å²) in [4.78, 5) is 41.0. The number of piperidine rings is 1. The van der Waals surface area contributed by atoms with Crippen LogP contribution in [0, 0.1) is 5.92 Å². The Bertz CT molecular complexity index is 899. The van der Waals surface area contributed by atoms with Crippen LogP contribution in [0.1, 0.15) is 65.2 Å². The van der Waals surface area contributed by atoms with E-state index in [4.69, 9.17) is 11.6 Å². The molecule has 1 aromatic heterocycles. The van der Waals surface area contributed by atoms with Gasteiger partial charge in [-0.2, -0.15) is 0 Å². The molecule has 0 bridgehead atoms. The van der Waals surface area contributed by atoms with Gasteiger partial charge in [-0.3, -0.25) is 9.59 Å². The Morgan fingerprint density at radius 3 is 2.58 bits per heavy atom. The van der Waals surface area contributed by atoms with Gasteiger partial charge in [-0.15, -0.1) is 0 Å². The number of hydrogen-bond acceptors (Lipinski definition) is 7. The third-order valence-electron chi connectivity index (χ3n) is 7.82. The highest BCUT2D eigenvalue weighted by atomic mass is 35.5. The van der Waals surface area contributed by atoms with Crippen LogP contribution in [0.4, 0.5) is 5.82 Å². The van der Waals surface area contributed by atoms with Crippen molar-refractivity contribution in [2.75, 3.05) is 49.9 Å². The molecule has 3 fully saturated rings. The molecule has 3 heterocycles. The van der Waals surface area contributed by atoms with Crippen molar-refractivity contribution in [3.63, 3.8) is 0 Å². The first-order valence-electron chi connectivity index (χ1n) is 13.6. The van der Waals surface area contributed by atoms with Crippen LogP contribution in [-0.2, 0) is 9.59 Å². The minimum atomic E-state index is -0.00974. The summed E-state index contributed by atoms with van der Waals surface area (Å²) in [6.07, 6.45) is 9.24. The molecular formula is C26H41ClN6O2S. The zero-order valence-electron chi connectivity index (χ0n) is 21.8. The van der Waals surface area contributed by atoms with Gasteiger partial charge in [-0.05, 0) is 52.5 Å². The lowest BCUT2D eigenvalue weighted by atomic mass is 10.0. The third kappa shape index (κ3) is 7.48. The normalized spacial score (nSPS) is 23.8. The second-order valence-corrected chi connectivity index (χ2v) is 11.8. The van der Waals surface area contributed by atoms with Gasteiger partial charge in [-0.25, -0.2) is 9.97 Å². The molecule has 2 saturated heterocycles. The molecule has 0 spiro atoms. The maximum absolute atomic E-state index is 12.9. The molecule has 0 radical (unpaired) electrons. The molecule has 1 N–H and O–H groups in total. The number of nitrogens with zero attached hydrogens (tertiary/aromatic N) is 5. The topological polar surface area (TPSA) is 81.7 Å². The summed E-state index contributed by atoms with van der Waals surface area (Å²) < 4.78 is 0. The summed E-state index contributed by atoms with van der Waals surface area (Å²) in [6, 6.07) is 2.54. The zero-order valence-corrected chi connectivity index (χ0v) is 23.3. The van der Waals surface area contributed by atoms with Gasteiger partial charge in [0.25, 0.3) is 0 Å². The lowest BCUT2D eigenvalue weighted by molar-refractivity contribution is -0.137. The highest BCUT2D eigenvalue weighted by Gasteiger charge is 2.33. The first-order valence-corrected chi connectivity index (χ1v) is 15.0. The van der Waals surface area contributed by atoms with Crippen LogP contribution < -0.4 is 10.2 Å². The van der Waals surface area contributed by atoms with Crippen molar-refractivity contribution >= 4 is 41.0 Å². The van der Waals surface area contributed by atoms with Gasteiger partial charge in [0, 0.05) is 56.8 Å². The smallest absolute Gasteiger partial charge is 0.230 e. The Kier molecular flexibility index (Phi) is 10.1. The van der Waals surface area contributed by atoms with Crippen molar-refractivity contribution in [2.45, 2.75) is 82.5 Å². The fourth-order valence-electron chi connectivity index (χ4n) is 5.69. The first-order chi connectivity index (χ1) is 17.4. The average molecular weight is 537 g/mol. The highest BCUT2D eigenvalue weighted by molar-refractivity contribution is 7.99. The molecule has 36 heavy (non-hydrogen) atoms. The summed E-state index contributed by atoms with van der Waals surface area (Å²) in [5, 5.41) is 3.90. The lowest BCUT2D eigenvalue weighted by Crippen LogP contribution is -2.55. The molecule has 3 aliphatic rings. The first kappa shape index (κ1) is 27.5. The van der Waals surface area contributed by atoms with E-state index >= 15 is 0 Å². The highest BCUT2D eigenvalue weighted by Crippen LogP contribution is 2.29. The summed E-state index contributed by atoms with van der Waals surface area (Å²) >= 11 is 7.62. The van der Waals surface area contributed by atoms with E-state index in [0.717, 1.165) is 38.2 Å². The molecule has 1 aromatic rings. The van der Waals surface area contributed by atoms with Gasteiger partial charge in [0.05, 0.1) is 5.75 Å². The van der Waals surface area contributed by atoms with E-state index in [1.807, 2.05) is 4.90 Å². The van der Waals surface area contributed by atoms with Gasteiger partial charge in [0.1, 0.15) is 11.0 Å². The van der Waals surface area contributed by atoms with E-state index in [9.17, 15) is 9.59 Å². The second-order valence-electron chi connectivity index (χ2n) is 10.5. The van der Waals surface area contributed by atoms with Gasteiger partial charge in [0.2, 0.25) is 11.8 Å². The number of hydrogen-bond donors (Lipinski definition) is 1. The maximum atomic E-state index is 12.9. The van der Waals surface area contributed by atoms with E-state index in [1.165, 1.54) is 50.4 Å². The minimum absolute atomic E-state index is 0.00974. The maximum Gasteiger partial charge on any atom is 0.230 e. The molecule has 1 aliphatic carbocycles. The van der Waals surface area contributed by atoms with Crippen LogP contribution in [0.5, 0.6) is 0 Å². The van der Waals surface area contributed by atoms with Crippen molar-refractivity contribution in [2.24, 2.45) is 5.92 Å². The molecule has 200 valence electrons. The van der Waals surface area contributed by atoms with E-state index in [2.05, 4.69) is 38.9 Å². The average Bonchev–Trinajstić information content (AvgIpc) is 3.41. The lowest BCUT2D eigenvalue weighted by Gasteiger charge is -2.41. The molecule has 2 atom stereocenters. The minimum Gasteiger partial charge on any atom is -0.355 e. The van der Waals surface area contributed by atoms with E-state index in [1.54, 1.807) is 6.07 Å². The molecule has 2 unspecified atom stereocenters. The molecule has 8 nitrogen and oxygen atoms in total. The Morgan fingerprint density at radius 1 is 1.06 bits per heavy atom. The van der Waals surface area contributed by atoms with Crippen LogP contribution >= 0.6 is 23.4 Å². The standard InChI is InChI=1S/C26H41ClN6O2S/c1-19-8-5-6-12-31(19)13-7-11-28-24(34)18-36-26-29-22(27)16-23(30-26)32-14-15-33(20(2)17-32)25(35)21-9-3-4-10-21/h16,19-21H,3-15,17-18H2,1-2H3,(H,28,34). The Morgan fingerprint density at radius 2 is 1.83 bits per heavy atom.